The summed E-state index contributed by atoms with van der Waals surface area (Å²) in [5.74, 6) is 1.10. The van der Waals surface area contributed by atoms with Gasteiger partial charge in [-0.15, -0.1) is 22.0 Å². The average molecular weight is 354 g/mol. The molecule has 1 heterocycles. The first-order valence-corrected chi connectivity index (χ1v) is 8.92. The number of thioether (sulfide) groups is 1. The van der Waals surface area contributed by atoms with Crippen molar-refractivity contribution in [3.63, 3.8) is 0 Å². The zero-order valence-electron chi connectivity index (χ0n) is 13.8. The van der Waals surface area contributed by atoms with Gasteiger partial charge in [-0.3, -0.25) is 4.79 Å². The Morgan fingerprint density at radius 2 is 1.84 bits per heavy atom. The third-order valence-electron chi connectivity index (χ3n) is 3.44. The van der Waals surface area contributed by atoms with E-state index in [4.69, 9.17) is 9.15 Å². The van der Waals surface area contributed by atoms with Crippen LogP contribution in [0.15, 0.2) is 63.9 Å². The highest BCUT2D eigenvalue weighted by Crippen LogP contribution is 2.20. The molecule has 0 saturated heterocycles. The summed E-state index contributed by atoms with van der Waals surface area (Å²) in [6.07, 6.45) is 0.332. The molecule has 6 heteroatoms. The Balaban J connectivity index is 1.42. The summed E-state index contributed by atoms with van der Waals surface area (Å²) in [4.78, 5) is 13.0. The lowest BCUT2D eigenvalue weighted by Crippen LogP contribution is -2.05. The fourth-order valence-corrected chi connectivity index (χ4v) is 2.94. The van der Waals surface area contributed by atoms with Crippen LogP contribution in [0.3, 0.4) is 0 Å². The lowest BCUT2D eigenvalue weighted by Gasteiger charge is -2.03. The van der Waals surface area contributed by atoms with Crippen LogP contribution in [0.5, 0.6) is 0 Å². The number of hydrogen-bond donors (Lipinski definition) is 0. The molecular formula is C19H18N2O3S. The Hall–Kier alpha value is -2.60. The average Bonchev–Trinajstić information content (AvgIpc) is 3.11. The molecular weight excluding hydrogens is 336 g/mol. The van der Waals surface area contributed by atoms with E-state index in [1.165, 1.54) is 5.56 Å². The van der Waals surface area contributed by atoms with Crippen LogP contribution in [0.4, 0.5) is 0 Å². The Morgan fingerprint density at radius 1 is 1.08 bits per heavy atom. The van der Waals surface area contributed by atoms with Crippen LogP contribution in [0.25, 0.3) is 11.5 Å². The molecule has 5 nitrogen and oxygen atoms in total. The van der Waals surface area contributed by atoms with Gasteiger partial charge in [-0.2, -0.15) is 0 Å². The maximum absolute atomic E-state index is 11.8. The molecule has 0 saturated carbocycles. The van der Waals surface area contributed by atoms with Crippen LogP contribution >= 0.6 is 11.8 Å². The first kappa shape index (κ1) is 17.2. The van der Waals surface area contributed by atoms with E-state index in [0.29, 0.717) is 24.0 Å². The number of benzene rings is 2. The van der Waals surface area contributed by atoms with E-state index in [1.807, 2.05) is 37.3 Å². The Labute approximate surface area is 150 Å². The minimum absolute atomic E-state index is 0.00609. The summed E-state index contributed by atoms with van der Waals surface area (Å²) in [6.45, 7) is 2.04. The van der Waals surface area contributed by atoms with Crippen molar-refractivity contribution in [3.05, 3.63) is 66.1 Å². The zero-order chi connectivity index (χ0) is 17.5. The molecule has 0 aliphatic heterocycles. The van der Waals surface area contributed by atoms with E-state index in [2.05, 4.69) is 34.5 Å². The lowest BCUT2D eigenvalue weighted by molar-refractivity contribution is -0.145. The Bertz CT molecular complexity index is 816. The van der Waals surface area contributed by atoms with Gasteiger partial charge in [-0.1, -0.05) is 35.9 Å². The summed E-state index contributed by atoms with van der Waals surface area (Å²) in [6, 6.07) is 17.7. The quantitative estimate of drug-likeness (QED) is 0.466. The molecule has 0 aliphatic carbocycles. The molecule has 25 heavy (non-hydrogen) atoms. The van der Waals surface area contributed by atoms with Crippen molar-refractivity contribution < 1.29 is 13.9 Å². The second-order valence-electron chi connectivity index (χ2n) is 5.44. The van der Waals surface area contributed by atoms with Gasteiger partial charge in [0.1, 0.15) is 0 Å². The fraction of sp³-hybridized carbons (Fsp3) is 0.211. The van der Waals surface area contributed by atoms with Gasteiger partial charge in [0.05, 0.1) is 6.42 Å². The van der Waals surface area contributed by atoms with E-state index in [9.17, 15) is 4.79 Å². The number of aromatic nitrogens is 2. The van der Waals surface area contributed by atoms with Crippen LogP contribution in [-0.2, 0) is 16.1 Å². The number of esters is 1. The number of carbonyl (C=O) groups is 1. The van der Waals surface area contributed by atoms with Crippen LogP contribution in [-0.4, -0.2) is 21.9 Å². The summed E-state index contributed by atoms with van der Waals surface area (Å²) < 4.78 is 10.7. The van der Waals surface area contributed by atoms with Crippen molar-refractivity contribution in [1.82, 2.24) is 10.2 Å². The minimum Gasteiger partial charge on any atom is -0.456 e. The number of aryl methyl sites for hydroxylation is 1. The van der Waals surface area contributed by atoms with E-state index in [-0.39, 0.29) is 12.6 Å². The molecule has 0 spiro atoms. The fourth-order valence-electron chi connectivity index (χ4n) is 2.11. The highest BCUT2D eigenvalue weighted by atomic mass is 32.2. The number of carbonyl (C=O) groups excluding carboxylic acids is 1. The molecule has 0 fully saturated rings. The maximum atomic E-state index is 11.8. The molecule has 2 aromatic carbocycles. The molecule has 0 aliphatic rings. The number of hydrogen-bond acceptors (Lipinski definition) is 6. The van der Waals surface area contributed by atoms with E-state index >= 15 is 0 Å². The SMILES string of the molecule is Cc1ccc(SCCC(=O)OCc2nnc(-c3ccccc3)o2)cc1. The lowest BCUT2D eigenvalue weighted by atomic mass is 10.2. The van der Waals surface area contributed by atoms with Crippen molar-refractivity contribution in [3.8, 4) is 11.5 Å². The van der Waals surface area contributed by atoms with Crippen LogP contribution in [0, 0.1) is 6.92 Å². The largest absolute Gasteiger partial charge is 0.456 e. The van der Waals surface area contributed by atoms with Gasteiger partial charge in [0.25, 0.3) is 5.89 Å². The number of rotatable bonds is 7. The van der Waals surface area contributed by atoms with Crippen LogP contribution in [0.2, 0.25) is 0 Å². The summed E-state index contributed by atoms with van der Waals surface area (Å²) >= 11 is 1.63. The van der Waals surface area contributed by atoms with Crippen molar-refractivity contribution in [1.29, 1.82) is 0 Å². The zero-order valence-corrected chi connectivity index (χ0v) is 14.7. The van der Waals surface area contributed by atoms with Gasteiger partial charge in [0.15, 0.2) is 6.61 Å². The first-order chi connectivity index (χ1) is 12.2. The van der Waals surface area contributed by atoms with Gasteiger partial charge in [-0.05, 0) is 31.2 Å². The van der Waals surface area contributed by atoms with Crippen molar-refractivity contribution in [2.75, 3.05) is 5.75 Å². The molecule has 0 bridgehead atoms. The van der Waals surface area contributed by atoms with E-state index in [0.717, 1.165) is 10.5 Å². The number of nitrogens with zero attached hydrogens (tertiary/aromatic N) is 2. The van der Waals surface area contributed by atoms with Gasteiger partial charge < -0.3 is 9.15 Å². The molecule has 0 atom stereocenters. The van der Waals surface area contributed by atoms with E-state index in [1.54, 1.807) is 11.8 Å². The third kappa shape index (κ3) is 5.19. The standard InChI is InChI=1S/C19H18N2O3S/c1-14-7-9-16(10-8-14)25-12-11-18(22)23-13-17-20-21-19(24-17)15-5-3-2-4-6-15/h2-10H,11-13H2,1H3. The predicted molar refractivity (Wildman–Crippen MR) is 96.1 cm³/mol. The van der Waals surface area contributed by atoms with Gasteiger partial charge in [0, 0.05) is 16.2 Å². The second kappa shape index (κ2) is 8.48. The predicted octanol–water partition coefficient (Wildman–Crippen LogP) is 4.27. The van der Waals surface area contributed by atoms with Crippen LogP contribution < -0.4 is 0 Å². The monoisotopic (exact) mass is 354 g/mol. The minimum atomic E-state index is -0.279. The highest BCUT2D eigenvalue weighted by molar-refractivity contribution is 7.99. The molecule has 3 aromatic rings. The van der Waals surface area contributed by atoms with E-state index < -0.39 is 0 Å². The molecule has 0 N–H and O–H groups in total. The van der Waals surface area contributed by atoms with Gasteiger partial charge in [0.2, 0.25) is 5.89 Å². The molecule has 0 radical (unpaired) electrons. The highest BCUT2D eigenvalue weighted by Gasteiger charge is 2.10. The van der Waals surface area contributed by atoms with Gasteiger partial charge in [-0.25, -0.2) is 0 Å². The first-order valence-electron chi connectivity index (χ1n) is 7.93. The molecule has 0 amide bonds. The molecule has 3 rings (SSSR count). The topological polar surface area (TPSA) is 65.2 Å². The molecule has 0 unspecified atom stereocenters. The smallest absolute Gasteiger partial charge is 0.307 e. The molecule has 128 valence electrons. The Kier molecular flexibility index (Phi) is 5.85. The Morgan fingerprint density at radius 3 is 2.60 bits per heavy atom. The molecule has 1 aromatic heterocycles. The van der Waals surface area contributed by atoms with Crippen molar-refractivity contribution >= 4 is 17.7 Å². The van der Waals surface area contributed by atoms with Gasteiger partial charge >= 0.3 is 5.97 Å². The maximum Gasteiger partial charge on any atom is 0.307 e. The van der Waals surface area contributed by atoms with Crippen LogP contribution in [0.1, 0.15) is 17.9 Å². The van der Waals surface area contributed by atoms with Crippen molar-refractivity contribution in [2.45, 2.75) is 24.8 Å². The summed E-state index contributed by atoms with van der Waals surface area (Å²) in [7, 11) is 0. The second-order valence-corrected chi connectivity index (χ2v) is 6.61. The summed E-state index contributed by atoms with van der Waals surface area (Å²) in [5, 5.41) is 7.86. The summed E-state index contributed by atoms with van der Waals surface area (Å²) in [5.41, 5.74) is 2.06. The normalized spacial score (nSPS) is 10.6. The van der Waals surface area contributed by atoms with Crippen molar-refractivity contribution in [2.24, 2.45) is 0 Å². The number of ether oxygens (including phenoxy) is 1. The third-order valence-corrected chi connectivity index (χ3v) is 4.45.